The minimum atomic E-state index is 0.294. The molecule has 0 aliphatic heterocycles. The molecule has 0 amide bonds. The lowest BCUT2D eigenvalue weighted by atomic mass is 9.81. The summed E-state index contributed by atoms with van der Waals surface area (Å²) >= 11 is 0. The van der Waals surface area contributed by atoms with E-state index in [1.807, 2.05) is 51.3 Å². The number of hydrogen-bond donors (Lipinski definition) is 0. The van der Waals surface area contributed by atoms with Crippen molar-refractivity contribution in [2.24, 2.45) is 29.6 Å². The van der Waals surface area contributed by atoms with Crippen molar-refractivity contribution in [1.29, 1.82) is 0 Å². The highest BCUT2D eigenvalue weighted by molar-refractivity contribution is 5.82. The van der Waals surface area contributed by atoms with Crippen molar-refractivity contribution in [1.82, 2.24) is 0 Å². The Hall–Kier alpha value is -2.43. The number of hydrogen-bond acceptors (Lipinski definition) is 5. The zero-order valence-electron chi connectivity index (χ0n) is 73.5. The van der Waals surface area contributed by atoms with E-state index in [4.69, 9.17) is 0 Å². The van der Waals surface area contributed by atoms with Gasteiger partial charge < -0.3 is 0 Å². The molecule has 0 bridgehead atoms. The highest BCUT2D eigenvalue weighted by Crippen LogP contribution is 2.34. The summed E-state index contributed by atoms with van der Waals surface area (Å²) in [6, 6.07) is 2.86. The number of benzene rings is 1. The van der Waals surface area contributed by atoms with Gasteiger partial charge >= 0.3 is 0 Å². The third kappa shape index (κ3) is 54.3. The van der Waals surface area contributed by atoms with Gasteiger partial charge in [0, 0.05) is 61.7 Å². The lowest BCUT2D eigenvalue weighted by molar-refractivity contribution is -0.123. The number of carbonyl (C=O) groups is 5. The summed E-state index contributed by atoms with van der Waals surface area (Å²) in [5.74, 6) is 3.82. The van der Waals surface area contributed by atoms with Crippen molar-refractivity contribution < 1.29 is 24.0 Å². The molecule has 0 saturated carbocycles. The van der Waals surface area contributed by atoms with Crippen LogP contribution >= 0.6 is 0 Å². The molecule has 0 heterocycles. The number of ketones is 5. The third-order valence-electron chi connectivity index (χ3n) is 25.8. The highest BCUT2D eigenvalue weighted by atomic mass is 16.1. The minimum Gasteiger partial charge on any atom is -0.299 e. The molecule has 0 spiro atoms. The van der Waals surface area contributed by atoms with E-state index >= 15 is 0 Å². The van der Waals surface area contributed by atoms with E-state index in [1.165, 1.54) is 385 Å². The average Bonchev–Trinajstić information content (AvgIpc) is 0.793. The van der Waals surface area contributed by atoms with Gasteiger partial charge in [-0.05, 0) is 156 Å². The van der Waals surface area contributed by atoms with Crippen LogP contribution in [0.5, 0.6) is 0 Å². The van der Waals surface area contributed by atoms with Crippen molar-refractivity contribution >= 4 is 28.9 Å². The van der Waals surface area contributed by atoms with Gasteiger partial charge in [-0.3, -0.25) is 24.0 Å². The van der Waals surface area contributed by atoms with Gasteiger partial charge in [-0.1, -0.05) is 396 Å². The zero-order valence-corrected chi connectivity index (χ0v) is 73.5. The van der Waals surface area contributed by atoms with Gasteiger partial charge in [0.15, 0.2) is 0 Å². The summed E-state index contributed by atoms with van der Waals surface area (Å²) in [6.07, 6.45) is 94.5. The predicted octanol–water partition coefficient (Wildman–Crippen LogP) is 32.8. The number of Topliss-reactive ketones (excluding diaryl/α,β-unsaturated/α-hetero) is 5. The Kier molecular flexibility index (Phi) is 72.1. The molecule has 0 aliphatic rings. The van der Waals surface area contributed by atoms with Crippen LogP contribution in [0.1, 0.15) is 547 Å². The molecule has 106 heavy (non-hydrogen) atoms. The molecule has 5 atom stereocenters. The Morgan fingerprint density at radius 3 is 0.462 bits per heavy atom. The highest BCUT2D eigenvalue weighted by Gasteiger charge is 2.21. The van der Waals surface area contributed by atoms with Gasteiger partial charge in [0.25, 0.3) is 0 Å². The average molecular weight is 1480 g/mol. The van der Waals surface area contributed by atoms with Gasteiger partial charge in [0.2, 0.25) is 0 Å². The largest absolute Gasteiger partial charge is 0.299 e. The van der Waals surface area contributed by atoms with E-state index in [9.17, 15) is 24.0 Å². The van der Waals surface area contributed by atoms with Gasteiger partial charge in [-0.15, -0.1) is 0 Å². The van der Waals surface area contributed by atoms with Gasteiger partial charge in [-0.2, -0.15) is 0 Å². The number of carbonyl (C=O) groups excluding carboxylic acids is 5. The smallest absolute Gasteiger partial charge is 0.135 e. The monoisotopic (exact) mass is 1480 g/mol. The predicted molar refractivity (Wildman–Crippen MR) is 467 cm³/mol. The molecular formula is C101H186O5. The molecule has 0 aliphatic carbocycles. The lowest BCUT2D eigenvalue weighted by Gasteiger charge is -2.24. The van der Waals surface area contributed by atoms with Gasteiger partial charge in [-0.25, -0.2) is 0 Å². The summed E-state index contributed by atoms with van der Waals surface area (Å²) in [6.45, 7) is 21.1. The van der Waals surface area contributed by atoms with Crippen molar-refractivity contribution in [3.8, 4) is 0 Å². The molecule has 1 aromatic rings. The Labute approximate surface area is 663 Å². The fourth-order valence-corrected chi connectivity index (χ4v) is 18.2. The quantitative estimate of drug-likeness (QED) is 0.0607. The molecule has 1 rings (SSSR count). The topological polar surface area (TPSA) is 85.3 Å². The molecule has 0 fully saturated rings. The van der Waals surface area contributed by atoms with Gasteiger partial charge in [0.05, 0.1) is 0 Å². The molecule has 0 saturated heterocycles. The molecule has 5 nitrogen and oxygen atoms in total. The molecule has 5 heteroatoms. The van der Waals surface area contributed by atoms with E-state index in [0.717, 1.165) is 64.2 Å². The second kappa shape index (κ2) is 75.3. The van der Waals surface area contributed by atoms with Crippen LogP contribution in [0.2, 0.25) is 0 Å². The number of unbranched alkanes of at least 4 members (excludes halogenated alkanes) is 50. The Morgan fingerprint density at radius 2 is 0.311 bits per heavy atom. The van der Waals surface area contributed by atoms with Crippen molar-refractivity contribution in [2.75, 3.05) is 0 Å². The zero-order chi connectivity index (χ0) is 77.4. The van der Waals surface area contributed by atoms with Crippen LogP contribution in [0.15, 0.2) is 6.07 Å². The Morgan fingerprint density at radius 1 is 0.179 bits per heavy atom. The van der Waals surface area contributed by atoms with E-state index in [2.05, 4.69) is 40.7 Å². The first-order valence-corrected chi connectivity index (χ1v) is 48.7. The van der Waals surface area contributed by atoms with Gasteiger partial charge in [0.1, 0.15) is 28.9 Å². The van der Waals surface area contributed by atoms with Crippen LogP contribution < -0.4 is 0 Å². The van der Waals surface area contributed by atoms with Crippen LogP contribution in [0.25, 0.3) is 0 Å². The maximum atomic E-state index is 12.3. The summed E-state index contributed by atoms with van der Waals surface area (Å²) in [5, 5.41) is 0. The van der Waals surface area contributed by atoms with Crippen molar-refractivity contribution in [3.05, 3.63) is 33.9 Å². The SMILES string of the molecule is CCC(=O)C(CC)CCCCCCCCCCCCCc1cc(CCCCCCCCCCCCCC(CC)C(=O)CC)c(CCCCCCCCCCCCCC(CC)C(=O)CC)c(CCCCCCCCCCCCCC(CC)C(=O)CC)c1CCCCCCCCCCCCCC(CC)C(=O)CC. The molecule has 0 aromatic heterocycles. The second-order valence-electron chi connectivity index (χ2n) is 34.4. The maximum absolute atomic E-state index is 12.3. The number of rotatable bonds is 85. The lowest BCUT2D eigenvalue weighted by Crippen LogP contribution is -2.12. The van der Waals surface area contributed by atoms with Crippen LogP contribution in [-0.4, -0.2) is 28.9 Å². The standard InChI is InChI=1S/C101H186O5/c1-11-87(97(102)16-6)76-66-56-46-36-26-21-31-41-51-61-71-81-92-86-93(82-72-62-52-42-32-22-27-37-47-57-67-77-88(12-2)98(103)17-7)95(84-74-64-54-44-34-24-29-39-49-59-69-79-90(14-4)100(105)19-9)96(85-75-65-55-45-35-25-30-40-50-60-70-80-91(15-5)101(106)20-10)94(92)83-73-63-53-43-33-23-28-38-48-58-68-78-89(13-3)99(104)18-8/h86-91H,11-85H2,1-10H3. The van der Waals surface area contributed by atoms with E-state index in [-0.39, 0.29) is 0 Å². The molecule has 620 valence electrons. The second-order valence-corrected chi connectivity index (χ2v) is 34.4. The summed E-state index contributed by atoms with van der Waals surface area (Å²) in [7, 11) is 0. The first-order chi connectivity index (χ1) is 51.9. The van der Waals surface area contributed by atoms with E-state index in [1.54, 1.807) is 11.1 Å². The fourth-order valence-electron chi connectivity index (χ4n) is 18.2. The molecule has 1 aromatic carbocycles. The first-order valence-electron chi connectivity index (χ1n) is 48.7. The van der Waals surface area contributed by atoms with E-state index in [0.29, 0.717) is 90.6 Å². The number of aryl methyl sites for hydroxylation is 2. The van der Waals surface area contributed by atoms with Crippen LogP contribution in [-0.2, 0) is 56.1 Å². The molecule has 0 radical (unpaired) electrons. The Bertz CT molecular complexity index is 2050. The third-order valence-corrected chi connectivity index (χ3v) is 25.8. The normalized spacial score (nSPS) is 13.2. The molecule has 0 N–H and O–H groups in total. The maximum Gasteiger partial charge on any atom is 0.135 e. The molecule has 5 unspecified atom stereocenters. The Balaban J connectivity index is 3.35. The van der Waals surface area contributed by atoms with E-state index < -0.39 is 0 Å². The summed E-state index contributed by atoms with van der Waals surface area (Å²) < 4.78 is 0. The van der Waals surface area contributed by atoms with Crippen molar-refractivity contribution in [3.63, 3.8) is 0 Å². The first kappa shape index (κ1) is 102. The van der Waals surface area contributed by atoms with Crippen LogP contribution in [0.3, 0.4) is 0 Å². The fraction of sp³-hybridized carbons (Fsp3) is 0.891. The van der Waals surface area contributed by atoms with Crippen molar-refractivity contribution in [2.45, 2.75) is 551 Å². The minimum absolute atomic E-state index is 0.294. The van der Waals surface area contributed by atoms with Crippen LogP contribution in [0, 0.1) is 29.6 Å². The van der Waals surface area contributed by atoms with Crippen LogP contribution in [0.4, 0.5) is 0 Å². The summed E-state index contributed by atoms with van der Waals surface area (Å²) in [4.78, 5) is 61.6. The summed E-state index contributed by atoms with van der Waals surface area (Å²) in [5.41, 5.74) is 9.01. The molecular weight excluding hydrogens is 1290 g/mol.